The Morgan fingerprint density at radius 3 is 2.80 bits per heavy atom. The minimum absolute atomic E-state index is 0.0117. The summed E-state index contributed by atoms with van der Waals surface area (Å²) in [6, 6.07) is 0.442. The van der Waals surface area contributed by atoms with Gasteiger partial charge in [0.25, 0.3) is 5.56 Å². The number of H-pyrrole nitrogens is 1. The molecule has 10 heteroatoms. The number of aromatic nitrogens is 2. The van der Waals surface area contributed by atoms with Gasteiger partial charge in [-0.25, -0.2) is 9.18 Å². The van der Waals surface area contributed by atoms with Crippen LogP contribution < -0.4 is 11.2 Å². The van der Waals surface area contributed by atoms with Crippen molar-refractivity contribution >= 4 is 7.60 Å². The monoisotopic (exact) mass is 306 g/mol. The summed E-state index contributed by atoms with van der Waals surface area (Å²) >= 11 is 0. The zero-order valence-corrected chi connectivity index (χ0v) is 11.0. The van der Waals surface area contributed by atoms with Gasteiger partial charge in [0.15, 0.2) is 0 Å². The number of allylic oxidation sites excluding steroid dienone is 1. The van der Waals surface area contributed by atoms with Crippen LogP contribution in [0.5, 0.6) is 0 Å². The Labute approximate surface area is 111 Å². The Morgan fingerprint density at radius 2 is 2.20 bits per heavy atom. The summed E-state index contributed by atoms with van der Waals surface area (Å²) < 4.78 is 30.2. The van der Waals surface area contributed by atoms with E-state index in [0.717, 1.165) is 16.7 Å². The third-order valence-electron chi connectivity index (χ3n) is 2.77. The van der Waals surface area contributed by atoms with Crippen LogP contribution in [0.15, 0.2) is 33.8 Å². The molecule has 0 spiro atoms. The van der Waals surface area contributed by atoms with Crippen molar-refractivity contribution < 1.29 is 23.5 Å². The quantitative estimate of drug-likeness (QED) is 0.665. The smallest absolute Gasteiger partial charge is 0.351 e. The topological polar surface area (TPSA) is 122 Å². The van der Waals surface area contributed by atoms with Crippen LogP contribution in [-0.4, -0.2) is 31.8 Å². The highest BCUT2D eigenvalue weighted by atomic mass is 31.2. The summed E-state index contributed by atoms with van der Waals surface area (Å²) in [5, 5.41) is 0. The highest BCUT2D eigenvalue weighted by molar-refractivity contribution is 7.51. The molecule has 110 valence electrons. The van der Waals surface area contributed by atoms with Crippen molar-refractivity contribution in [1.29, 1.82) is 0 Å². The fourth-order valence-electron chi connectivity index (χ4n) is 1.91. The van der Waals surface area contributed by atoms with Gasteiger partial charge in [-0.05, 0) is 6.08 Å². The molecule has 8 nitrogen and oxygen atoms in total. The van der Waals surface area contributed by atoms with E-state index in [-0.39, 0.29) is 6.42 Å². The van der Waals surface area contributed by atoms with Crippen LogP contribution in [-0.2, 0) is 9.30 Å². The molecule has 2 rings (SSSR count). The normalized spacial score (nSPS) is 22.9. The third kappa shape index (κ3) is 3.51. The van der Waals surface area contributed by atoms with Gasteiger partial charge in [0.05, 0.1) is 6.04 Å². The number of nitrogens with zero attached hydrogens (tertiary/aromatic N) is 1. The van der Waals surface area contributed by atoms with Gasteiger partial charge in [-0.1, -0.05) is 0 Å². The molecule has 0 saturated carbocycles. The van der Waals surface area contributed by atoms with Crippen molar-refractivity contribution in [1.82, 2.24) is 9.55 Å². The molecule has 0 bridgehead atoms. The standard InChI is InChI=1S/C10H12FN2O6P/c11-7-3-6(4-8(7)19-5-20(16,17)18)13-2-1-9(14)12-10(13)15/h1-3,6,8H,4-5H2,(H,12,14,15)(H2,16,17,18)/t6-,8-/m1/s1. The molecule has 0 fully saturated rings. The number of rotatable bonds is 4. The van der Waals surface area contributed by atoms with E-state index in [1.165, 1.54) is 6.20 Å². The SMILES string of the molecule is O=c1ccn([C@@H]2C=C(F)[C@H](OCP(=O)(O)O)C2)c(=O)[nH]1. The molecule has 1 aromatic heterocycles. The van der Waals surface area contributed by atoms with E-state index in [9.17, 15) is 18.5 Å². The number of ether oxygens (including phenoxy) is 1. The number of halogens is 1. The molecule has 0 amide bonds. The van der Waals surface area contributed by atoms with Gasteiger partial charge in [0.2, 0.25) is 0 Å². The Kier molecular flexibility index (Phi) is 4.05. The Balaban J connectivity index is 2.13. The van der Waals surface area contributed by atoms with E-state index in [2.05, 4.69) is 0 Å². The largest absolute Gasteiger partial charge is 0.358 e. The molecule has 1 heterocycles. The predicted octanol–water partition coefficient (Wildman–Crippen LogP) is -0.145. The summed E-state index contributed by atoms with van der Waals surface area (Å²) in [4.78, 5) is 41.9. The van der Waals surface area contributed by atoms with E-state index in [4.69, 9.17) is 14.5 Å². The van der Waals surface area contributed by atoms with E-state index >= 15 is 0 Å². The van der Waals surface area contributed by atoms with Crippen LogP contribution in [0, 0.1) is 0 Å². The lowest BCUT2D eigenvalue weighted by Gasteiger charge is -2.15. The lowest BCUT2D eigenvalue weighted by atomic mass is 10.2. The average molecular weight is 306 g/mol. The lowest BCUT2D eigenvalue weighted by molar-refractivity contribution is 0.0812. The van der Waals surface area contributed by atoms with E-state index in [0.29, 0.717) is 0 Å². The van der Waals surface area contributed by atoms with Crippen LogP contribution in [0.3, 0.4) is 0 Å². The van der Waals surface area contributed by atoms with Crippen molar-refractivity contribution in [2.24, 2.45) is 0 Å². The van der Waals surface area contributed by atoms with Gasteiger partial charge in [0.1, 0.15) is 18.3 Å². The first-order valence-corrected chi connectivity index (χ1v) is 7.41. The highest BCUT2D eigenvalue weighted by Crippen LogP contribution is 2.38. The number of hydrogen-bond donors (Lipinski definition) is 3. The van der Waals surface area contributed by atoms with Crippen LogP contribution in [0.4, 0.5) is 4.39 Å². The molecule has 0 saturated heterocycles. The first-order chi connectivity index (χ1) is 9.26. The molecule has 0 aromatic carbocycles. The molecule has 0 unspecified atom stereocenters. The van der Waals surface area contributed by atoms with Crippen molar-refractivity contribution in [3.63, 3.8) is 0 Å². The number of nitrogens with one attached hydrogen (secondary N) is 1. The summed E-state index contributed by atoms with van der Waals surface area (Å²) in [5.41, 5.74) is -1.26. The second kappa shape index (κ2) is 5.45. The maximum absolute atomic E-state index is 13.6. The van der Waals surface area contributed by atoms with Crippen LogP contribution in [0.25, 0.3) is 0 Å². The van der Waals surface area contributed by atoms with Crippen LogP contribution in [0.2, 0.25) is 0 Å². The van der Waals surface area contributed by atoms with Gasteiger partial charge >= 0.3 is 13.3 Å². The summed E-state index contributed by atoms with van der Waals surface area (Å²) in [7, 11) is -4.38. The summed E-state index contributed by atoms with van der Waals surface area (Å²) in [6.45, 7) is 0. The summed E-state index contributed by atoms with van der Waals surface area (Å²) in [6.07, 6.45) is 0.334. The number of aromatic amines is 1. The second-order valence-corrected chi connectivity index (χ2v) is 5.91. The molecule has 1 aromatic rings. The molecule has 1 aliphatic rings. The van der Waals surface area contributed by atoms with E-state index in [1.54, 1.807) is 0 Å². The molecular weight excluding hydrogens is 294 g/mol. The highest BCUT2D eigenvalue weighted by Gasteiger charge is 2.31. The minimum Gasteiger partial charge on any atom is -0.358 e. The van der Waals surface area contributed by atoms with Crippen molar-refractivity contribution in [3.05, 3.63) is 45.0 Å². The molecular formula is C10H12FN2O6P. The zero-order valence-electron chi connectivity index (χ0n) is 10.1. The first-order valence-electron chi connectivity index (χ1n) is 5.61. The first kappa shape index (κ1) is 14.9. The Morgan fingerprint density at radius 1 is 1.50 bits per heavy atom. The summed E-state index contributed by atoms with van der Waals surface area (Å²) in [5.74, 6) is -0.707. The molecule has 3 N–H and O–H groups in total. The van der Waals surface area contributed by atoms with Gasteiger partial charge < -0.3 is 14.5 Å². The molecule has 20 heavy (non-hydrogen) atoms. The molecule has 0 radical (unpaired) electrons. The van der Waals surface area contributed by atoms with E-state index in [1.807, 2.05) is 4.98 Å². The van der Waals surface area contributed by atoms with Crippen molar-refractivity contribution in [2.75, 3.05) is 6.35 Å². The van der Waals surface area contributed by atoms with Crippen molar-refractivity contribution in [3.8, 4) is 0 Å². The molecule has 0 aliphatic heterocycles. The van der Waals surface area contributed by atoms with Gasteiger partial charge in [-0.15, -0.1) is 0 Å². The fourth-order valence-corrected chi connectivity index (χ4v) is 2.28. The van der Waals surface area contributed by atoms with E-state index < -0.39 is 43.2 Å². The fraction of sp³-hybridized carbons (Fsp3) is 0.400. The molecule has 1 aliphatic carbocycles. The zero-order chi connectivity index (χ0) is 14.9. The van der Waals surface area contributed by atoms with Crippen LogP contribution >= 0.6 is 7.60 Å². The number of hydrogen-bond acceptors (Lipinski definition) is 4. The maximum Gasteiger partial charge on any atom is 0.351 e. The third-order valence-corrected chi connectivity index (χ3v) is 3.25. The maximum atomic E-state index is 13.6. The van der Waals surface area contributed by atoms with Crippen molar-refractivity contribution in [2.45, 2.75) is 18.6 Å². The second-order valence-electron chi connectivity index (χ2n) is 4.32. The van der Waals surface area contributed by atoms with Gasteiger partial charge in [-0.2, -0.15) is 0 Å². The Bertz CT molecular complexity index is 689. The predicted molar refractivity (Wildman–Crippen MR) is 66.0 cm³/mol. The van der Waals surface area contributed by atoms with Gasteiger partial charge in [-0.3, -0.25) is 18.9 Å². The van der Waals surface area contributed by atoms with Crippen LogP contribution in [0.1, 0.15) is 12.5 Å². The molecule has 2 atom stereocenters. The minimum atomic E-state index is -4.38. The average Bonchev–Trinajstić information content (AvgIpc) is 2.67. The Hall–Kier alpha value is -1.54. The van der Waals surface area contributed by atoms with Gasteiger partial charge in [0, 0.05) is 18.7 Å². The lowest BCUT2D eigenvalue weighted by Crippen LogP contribution is -2.31.